The van der Waals surface area contributed by atoms with Gasteiger partial charge in [-0.05, 0) is 36.5 Å². The molecule has 18 heavy (non-hydrogen) atoms. The predicted octanol–water partition coefficient (Wildman–Crippen LogP) is 4.08. The second-order valence-electron chi connectivity index (χ2n) is 5.06. The summed E-state index contributed by atoms with van der Waals surface area (Å²) in [4.78, 5) is 0. The van der Waals surface area contributed by atoms with E-state index >= 15 is 0 Å². The van der Waals surface area contributed by atoms with Crippen LogP contribution in [0.2, 0.25) is 0 Å². The summed E-state index contributed by atoms with van der Waals surface area (Å²) in [6.07, 6.45) is 3.16. The van der Waals surface area contributed by atoms with Crippen molar-refractivity contribution >= 4 is 0 Å². The third-order valence-electron chi connectivity index (χ3n) is 2.62. The van der Waals surface area contributed by atoms with Crippen LogP contribution in [-0.4, -0.2) is 19.8 Å². The zero-order valence-electron chi connectivity index (χ0n) is 11.9. The lowest BCUT2D eigenvalue weighted by Gasteiger charge is -2.08. The standard InChI is InChI=1S/C16H26O2/c1-4-10-17-11-5-12-18-16-8-6-15(7-9-16)13-14(2)3/h6-9,14H,4-5,10-13H2,1-3H3. The van der Waals surface area contributed by atoms with E-state index in [1.807, 2.05) is 0 Å². The van der Waals surface area contributed by atoms with Crippen molar-refractivity contribution in [2.24, 2.45) is 5.92 Å². The van der Waals surface area contributed by atoms with Gasteiger partial charge < -0.3 is 9.47 Å². The number of ether oxygens (including phenoxy) is 2. The van der Waals surface area contributed by atoms with Gasteiger partial charge in [-0.3, -0.25) is 0 Å². The summed E-state index contributed by atoms with van der Waals surface area (Å²) in [7, 11) is 0. The minimum Gasteiger partial charge on any atom is -0.494 e. The molecule has 1 rings (SSSR count). The van der Waals surface area contributed by atoms with E-state index in [1.54, 1.807) is 0 Å². The summed E-state index contributed by atoms with van der Waals surface area (Å²) in [5.41, 5.74) is 1.38. The summed E-state index contributed by atoms with van der Waals surface area (Å²) in [6, 6.07) is 8.43. The minimum absolute atomic E-state index is 0.701. The average Bonchev–Trinajstić information content (AvgIpc) is 2.35. The van der Waals surface area contributed by atoms with Crippen molar-refractivity contribution in [2.45, 2.75) is 40.0 Å². The first-order valence-corrected chi connectivity index (χ1v) is 7.02. The molecule has 2 nitrogen and oxygen atoms in total. The fourth-order valence-corrected chi connectivity index (χ4v) is 1.79. The maximum Gasteiger partial charge on any atom is 0.119 e. The van der Waals surface area contributed by atoms with Crippen molar-refractivity contribution < 1.29 is 9.47 Å². The molecule has 0 heterocycles. The molecule has 0 saturated carbocycles. The lowest BCUT2D eigenvalue weighted by molar-refractivity contribution is 0.120. The highest BCUT2D eigenvalue weighted by atomic mass is 16.5. The van der Waals surface area contributed by atoms with E-state index in [9.17, 15) is 0 Å². The van der Waals surface area contributed by atoms with Gasteiger partial charge >= 0.3 is 0 Å². The summed E-state index contributed by atoms with van der Waals surface area (Å²) in [5, 5.41) is 0. The molecule has 0 spiro atoms. The van der Waals surface area contributed by atoms with Crippen molar-refractivity contribution in [3.63, 3.8) is 0 Å². The zero-order valence-corrected chi connectivity index (χ0v) is 11.9. The Balaban J connectivity index is 2.18. The molecule has 1 aromatic carbocycles. The zero-order chi connectivity index (χ0) is 13.2. The second-order valence-corrected chi connectivity index (χ2v) is 5.06. The lowest BCUT2D eigenvalue weighted by atomic mass is 10.0. The Morgan fingerprint density at radius 2 is 1.72 bits per heavy atom. The molecule has 0 atom stereocenters. The van der Waals surface area contributed by atoms with Gasteiger partial charge in [0.15, 0.2) is 0 Å². The normalized spacial score (nSPS) is 10.9. The van der Waals surface area contributed by atoms with Crippen LogP contribution in [0.4, 0.5) is 0 Å². The molecule has 102 valence electrons. The van der Waals surface area contributed by atoms with E-state index in [0.717, 1.165) is 44.8 Å². The van der Waals surface area contributed by atoms with Crippen LogP contribution in [0.1, 0.15) is 39.2 Å². The Labute approximate surface area is 111 Å². The first-order valence-electron chi connectivity index (χ1n) is 7.02. The molecule has 0 saturated heterocycles. The van der Waals surface area contributed by atoms with Crippen LogP contribution in [0.3, 0.4) is 0 Å². The Bertz CT molecular complexity index is 303. The van der Waals surface area contributed by atoms with Gasteiger partial charge in [-0.2, -0.15) is 0 Å². The van der Waals surface area contributed by atoms with Gasteiger partial charge in [0.05, 0.1) is 6.61 Å². The van der Waals surface area contributed by atoms with Crippen molar-refractivity contribution in [1.82, 2.24) is 0 Å². The van der Waals surface area contributed by atoms with Crippen molar-refractivity contribution in [3.8, 4) is 5.75 Å². The van der Waals surface area contributed by atoms with E-state index < -0.39 is 0 Å². The molecule has 0 fully saturated rings. The van der Waals surface area contributed by atoms with Crippen LogP contribution in [-0.2, 0) is 11.2 Å². The number of hydrogen-bond acceptors (Lipinski definition) is 2. The van der Waals surface area contributed by atoms with Gasteiger partial charge in [0.2, 0.25) is 0 Å². The molecule has 0 aliphatic heterocycles. The van der Waals surface area contributed by atoms with Gasteiger partial charge in [-0.1, -0.05) is 32.9 Å². The Morgan fingerprint density at radius 3 is 2.33 bits per heavy atom. The molecule has 0 aromatic heterocycles. The maximum atomic E-state index is 5.67. The summed E-state index contributed by atoms with van der Waals surface area (Å²) in [6.45, 7) is 8.97. The summed E-state index contributed by atoms with van der Waals surface area (Å²) < 4.78 is 11.1. The number of benzene rings is 1. The summed E-state index contributed by atoms with van der Waals surface area (Å²) in [5.74, 6) is 1.66. The van der Waals surface area contributed by atoms with Gasteiger partial charge in [-0.15, -0.1) is 0 Å². The third-order valence-corrected chi connectivity index (χ3v) is 2.62. The Hall–Kier alpha value is -1.02. The third kappa shape index (κ3) is 6.65. The predicted molar refractivity (Wildman–Crippen MR) is 76.2 cm³/mol. The van der Waals surface area contributed by atoms with Gasteiger partial charge in [0, 0.05) is 19.6 Å². The first kappa shape index (κ1) is 15.0. The molecule has 0 amide bonds. The molecule has 0 radical (unpaired) electrons. The summed E-state index contributed by atoms with van der Waals surface area (Å²) >= 11 is 0. The van der Waals surface area contributed by atoms with Crippen molar-refractivity contribution in [3.05, 3.63) is 29.8 Å². The molecule has 0 N–H and O–H groups in total. The topological polar surface area (TPSA) is 18.5 Å². The van der Waals surface area contributed by atoms with E-state index in [2.05, 4.69) is 45.0 Å². The number of rotatable bonds is 9. The smallest absolute Gasteiger partial charge is 0.119 e. The van der Waals surface area contributed by atoms with E-state index in [4.69, 9.17) is 9.47 Å². The lowest BCUT2D eigenvalue weighted by Crippen LogP contribution is -2.03. The highest BCUT2D eigenvalue weighted by molar-refractivity contribution is 5.27. The molecule has 2 heteroatoms. The minimum atomic E-state index is 0.701. The SMILES string of the molecule is CCCOCCCOc1ccc(CC(C)C)cc1. The van der Waals surface area contributed by atoms with Gasteiger partial charge in [0.1, 0.15) is 5.75 Å². The number of hydrogen-bond donors (Lipinski definition) is 0. The van der Waals surface area contributed by atoms with Crippen LogP contribution in [0, 0.1) is 5.92 Å². The Morgan fingerprint density at radius 1 is 1.00 bits per heavy atom. The highest BCUT2D eigenvalue weighted by Gasteiger charge is 1.98. The van der Waals surface area contributed by atoms with Gasteiger partial charge in [-0.25, -0.2) is 0 Å². The van der Waals surface area contributed by atoms with Gasteiger partial charge in [0.25, 0.3) is 0 Å². The molecule has 0 bridgehead atoms. The molecular formula is C16H26O2. The monoisotopic (exact) mass is 250 g/mol. The second kappa shape index (κ2) is 8.98. The maximum absolute atomic E-state index is 5.67. The molecule has 0 unspecified atom stereocenters. The van der Waals surface area contributed by atoms with Crippen LogP contribution in [0.25, 0.3) is 0 Å². The fraction of sp³-hybridized carbons (Fsp3) is 0.625. The van der Waals surface area contributed by atoms with Crippen molar-refractivity contribution in [2.75, 3.05) is 19.8 Å². The van der Waals surface area contributed by atoms with Crippen LogP contribution in [0.15, 0.2) is 24.3 Å². The van der Waals surface area contributed by atoms with E-state index in [0.29, 0.717) is 5.92 Å². The average molecular weight is 250 g/mol. The molecule has 0 aliphatic carbocycles. The fourth-order valence-electron chi connectivity index (χ4n) is 1.79. The molecule has 0 aliphatic rings. The Kier molecular flexibility index (Phi) is 7.51. The van der Waals surface area contributed by atoms with E-state index in [-0.39, 0.29) is 0 Å². The first-order chi connectivity index (χ1) is 8.72. The van der Waals surface area contributed by atoms with E-state index in [1.165, 1.54) is 5.56 Å². The van der Waals surface area contributed by atoms with Crippen LogP contribution in [0.5, 0.6) is 5.75 Å². The van der Waals surface area contributed by atoms with Crippen LogP contribution < -0.4 is 4.74 Å². The quantitative estimate of drug-likeness (QED) is 0.615. The van der Waals surface area contributed by atoms with Crippen LogP contribution >= 0.6 is 0 Å². The molecular weight excluding hydrogens is 224 g/mol. The largest absolute Gasteiger partial charge is 0.494 e. The highest BCUT2D eigenvalue weighted by Crippen LogP contribution is 2.15. The molecule has 1 aromatic rings. The van der Waals surface area contributed by atoms with Crippen molar-refractivity contribution in [1.29, 1.82) is 0 Å².